The number of alkyl carbamates (subject to hydrolysis) is 1. The zero-order valence-corrected chi connectivity index (χ0v) is 26.0. The van der Waals surface area contributed by atoms with Gasteiger partial charge in [-0.25, -0.2) is 4.79 Å². The normalized spacial score (nSPS) is 12.6. The van der Waals surface area contributed by atoms with Crippen molar-refractivity contribution in [1.82, 2.24) is 10.2 Å². The lowest BCUT2D eigenvalue weighted by molar-refractivity contribution is -0.142. The van der Waals surface area contributed by atoms with E-state index in [9.17, 15) is 19.2 Å². The molecule has 0 aliphatic rings. The van der Waals surface area contributed by atoms with Gasteiger partial charge in [-0.15, -0.1) is 0 Å². The van der Waals surface area contributed by atoms with E-state index in [4.69, 9.17) is 10.5 Å². The highest BCUT2D eigenvalue weighted by Crippen LogP contribution is 2.28. The molecule has 4 amide bonds. The molecule has 0 saturated carbocycles. The maximum Gasteiger partial charge on any atom is 0.408 e. The number of ether oxygens (including phenoxy) is 1. The van der Waals surface area contributed by atoms with Gasteiger partial charge in [0.25, 0.3) is 5.91 Å². The van der Waals surface area contributed by atoms with Gasteiger partial charge in [0, 0.05) is 12.2 Å². The number of nitrogens with zero attached hydrogens (tertiary/aromatic N) is 1. The third kappa shape index (κ3) is 11.2. The summed E-state index contributed by atoms with van der Waals surface area (Å²) in [5.41, 5.74) is 7.68. The highest BCUT2D eigenvalue weighted by Gasteiger charge is 2.37. The van der Waals surface area contributed by atoms with Crippen LogP contribution in [0.25, 0.3) is 0 Å². The van der Waals surface area contributed by atoms with Crippen LogP contribution >= 0.6 is 0 Å². The van der Waals surface area contributed by atoms with Crippen LogP contribution in [0.15, 0.2) is 48.5 Å². The monoisotopic (exact) mass is 580 g/mol. The number of aryl methyl sites for hydroxylation is 2. The average Bonchev–Trinajstić information content (AvgIpc) is 2.90. The predicted octanol–water partition coefficient (Wildman–Crippen LogP) is 5.94. The number of rotatable bonds is 15. The van der Waals surface area contributed by atoms with Crippen LogP contribution in [0.3, 0.4) is 0 Å². The molecule has 2 unspecified atom stereocenters. The average molecular weight is 581 g/mol. The first-order valence-electron chi connectivity index (χ1n) is 14.8. The molecular formula is C33H48N4O5. The minimum Gasteiger partial charge on any atom is -0.444 e. The number of anilines is 1. The molecule has 42 heavy (non-hydrogen) atoms. The van der Waals surface area contributed by atoms with Crippen molar-refractivity contribution in [3.63, 3.8) is 0 Å². The summed E-state index contributed by atoms with van der Waals surface area (Å²) in [6.45, 7) is 11.3. The van der Waals surface area contributed by atoms with Crippen LogP contribution in [0.1, 0.15) is 95.4 Å². The maximum atomic E-state index is 14.3. The Hall–Kier alpha value is -3.88. The van der Waals surface area contributed by atoms with Crippen LogP contribution in [0.5, 0.6) is 0 Å². The zero-order chi connectivity index (χ0) is 31.3. The summed E-state index contributed by atoms with van der Waals surface area (Å²) in [4.78, 5) is 54.6. The van der Waals surface area contributed by atoms with Crippen LogP contribution in [0.2, 0.25) is 0 Å². The zero-order valence-electron chi connectivity index (χ0n) is 26.0. The van der Waals surface area contributed by atoms with Crippen molar-refractivity contribution in [2.24, 2.45) is 5.73 Å². The third-order valence-corrected chi connectivity index (χ3v) is 6.88. The number of primary amides is 1. The molecule has 0 bridgehead atoms. The van der Waals surface area contributed by atoms with Crippen LogP contribution in [-0.2, 0) is 19.1 Å². The van der Waals surface area contributed by atoms with Crippen molar-refractivity contribution >= 4 is 29.5 Å². The molecule has 9 nitrogen and oxygen atoms in total. The molecule has 0 heterocycles. The van der Waals surface area contributed by atoms with Crippen molar-refractivity contribution in [2.45, 2.75) is 104 Å². The van der Waals surface area contributed by atoms with E-state index in [1.54, 1.807) is 20.8 Å². The minimum absolute atomic E-state index is 0.246. The number of carbonyl (C=O) groups is 4. The number of benzene rings is 2. The molecule has 0 aromatic heterocycles. The number of carbonyl (C=O) groups excluding carboxylic acids is 4. The van der Waals surface area contributed by atoms with Crippen LogP contribution in [0.4, 0.5) is 10.5 Å². The summed E-state index contributed by atoms with van der Waals surface area (Å²) >= 11 is 0. The van der Waals surface area contributed by atoms with E-state index in [1.165, 1.54) is 4.90 Å². The minimum atomic E-state index is -1.31. The smallest absolute Gasteiger partial charge is 0.408 e. The molecule has 0 aliphatic heterocycles. The number of hydrogen-bond donors (Lipinski definition) is 3. The summed E-state index contributed by atoms with van der Waals surface area (Å²) in [6.07, 6.45) is 4.56. The molecule has 0 saturated heterocycles. The second-order valence-corrected chi connectivity index (χ2v) is 11.7. The van der Waals surface area contributed by atoms with E-state index in [2.05, 4.69) is 17.6 Å². The van der Waals surface area contributed by atoms with E-state index in [0.29, 0.717) is 17.7 Å². The van der Waals surface area contributed by atoms with Gasteiger partial charge >= 0.3 is 6.09 Å². The van der Waals surface area contributed by atoms with Gasteiger partial charge in [0.05, 0.1) is 6.42 Å². The molecule has 0 aliphatic carbocycles. The molecule has 2 rings (SSSR count). The Morgan fingerprint density at radius 3 is 2.07 bits per heavy atom. The summed E-state index contributed by atoms with van der Waals surface area (Å²) in [5, 5.41) is 5.54. The number of para-hydroxylation sites is 1. The van der Waals surface area contributed by atoms with Gasteiger partial charge in [-0.05, 0) is 63.8 Å². The van der Waals surface area contributed by atoms with Crippen molar-refractivity contribution in [1.29, 1.82) is 0 Å². The second-order valence-electron chi connectivity index (χ2n) is 11.7. The van der Waals surface area contributed by atoms with Gasteiger partial charge in [0.2, 0.25) is 11.8 Å². The molecule has 9 heteroatoms. The Morgan fingerprint density at radius 2 is 1.48 bits per heavy atom. The number of nitrogens with one attached hydrogen (secondary N) is 2. The van der Waals surface area contributed by atoms with Gasteiger partial charge in [-0.3, -0.25) is 14.4 Å². The Balaban J connectivity index is 2.53. The van der Waals surface area contributed by atoms with Gasteiger partial charge in [0.15, 0.2) is 0 Å². The number of nitrogens with two attached hydrogens (primary N) is 1. The molecule has 2 aromatic carbocycles. The molecule has 2 aromatic rings. The van der Waals surface area contributed by atoms with Crippen LogP contribution < -0.4 is 16.4 Å². The van der Waals surface area contributed by atoms with Gasteiger partial charge < -0.3 is 26.0 Å². The fourth-order valence-electron chi connectivity index (χ4n) is 4.74. The van der Waals surface area contributed by atoms with Crippen molar-refractivity contribution in [3.8, 4) is 0 Å². The Bertz CT molecular complexity index is 1210. The Labute approximate surface area is 250 Å². The first kappa shape index (κ1) is 34.3. The molecular weight excluding hydrogens is 532 g/mol. The topological polar surface area (TPSA) is 131 Å². The second kappa shape index (κ2) is 16.5. The van der Waals surface area contributed by atoms with Crippen molar-refractivity contribution < 1.29 is 23.9 Å². The van der Waals surface area contributed by atoms with E-state index < -0.39 is 47.9 Å². The molecule has 0 fully saturated rings. The van der Waals surface area contributed by atoms with Gasteiger partial charge in [-0.2, -0.15) is 0 Å². The van der Waals surface area contributed by atoms with Gasteiger partial charge in [0.1, 0.15) is 17.7 Å². The number of unbranched alkanes of at least 4 members (excludes halogenated alkanes) is 5. The summed E-state index contributed by atoms with van der Waals surface area (Å²) < 4.78 is 5.37. The quantitative estimate of drug-likeness (QED) is 0.224. The third-order valence-electron chi connectivity index (χ3n) is 6.88. The lowest BCUT2D eigenvalue weighted by atomic mass is 9.97. The summed E-state index contributed by atoms with van der Waals surface area (Å²) in [5.74, 6) is -1.74. The van der Waals surface area contributed by atoms with Crippen molar-refractivity contribution in [2.75, 3.05) is 11.9 Å². The number of amides is 4. The SMILES string of the molecule is CCCCCCCCN(C(=O)C(CC(N)=O)NC(=O)OC(C)(C)C)C(C(=O)Nc1ccccc1C)c1ccccc1C. The summed E-state index contributed by atoms with van der Waals surface area (Å²) in [7, 11) is 0. The van der Waals surface area contributed by atoms with E-state index in [-0.39, 0.29) is 6.54 Å². The standard InChI is InChI=1S/C33H48N4O5/c1-7-8-9-10-11-16-21-37(31(40)27(22-28(34)38)36-32(41)42-33(4,5)6)29(25-19-14-12-17-23(25)2)30(39)35-26-20-15-13-18-24(26)3/h12-15,17-20,27,29H,7-11,16,21-22H2,1-6H3,(H2,34,38)(H,35,39)(H,36,41). The lowest BCUT2D eigenvalue weighted by Crippen LogP contribution is -2.53. The first-order valence-corrected chi connectivity index (χ1v) is 14.8. The summed E-state index contributed by atoms with van der Waals surface area (Å²) in [6, 6.07) is 12.5. The van der Waals surface area contributed by atoms with Crippen molar-refractivity contribution in [3.05, 3.63) is 65.2 Å². The van der Waals surface area contributed by atoms with E-state index in [1.807, 2.05) is 62.4 Å². The highest BCUT2D eigenvalue weighted by atomic mass is 16.6. The van der Waals surface area contributed by atoms with E-state index in [0.717, 1.165) is 43.2 Å². The highest BCUT2D eigenvalue weighted by molar-refractivity contribution is 6.00. The Kier molecular flexibility index (Phi) is 13.5. The van der Waals surface area contributed by atoms with Crippen LogP contribution in [0, 0.1) is 13.8 Å². The fraction of sp³-hybridized carbons (Fsp3) is 0.515. The van der Waals surface area contributed by atoms with Crippen LogP contribution in [-0.4, -0.2) is 46.9 Å². The lowest BCUT2D eigenvalue weighted by Gasteiger charge is -2.35. The maximum absolute atomic E-state index is 14.3. The largest absolute Gasteiger partial charge is 0.444 e. The number of hydrogen-bond acceptors (Lipinski definition) is 5. The molecule has 230 valence electrons. The first-order chi connectivity index (χ1) is 19.8. The molecule has 0 spiro atoms. The predicted molar refractivity (Wildman–Crippen MR) is 166 cm³/mol. The molecule has 4 N–H and O–H groups in total. The Morgan fingerprint density at radius 1 is 0.881 bits per heavy atom. The molecule has 0 radical (unpaired) electrons. The molecule has 2 atom stereocenters. The fourth-order valence-corrected chi connectivity index (χ4v) is 4.74. The van der Waals surface area contributed by atoms with Gasteiger partial charge in [-0.1, -0.05) is 81.5 Å². The van der Waals surface area contributed by atoms with E-state index >= 15 is 0 Å².